The zero-order chi connectivity index (χ0) is 16.4. The van der Waals surface area contributed by atoms with Gasteiger partial charge in [0.1, 0.15) is 0 Å². The molecule has 0 radical (unpaired) electrons. The minimum atomic E-state index is -0.0170. The summed E-state index contributed by atoms with van der Waals surface area (Å²) in [5.74, 6) is 0. The number of nitrogens with zero attached hydrogens (tertiary/aromatic N) is 3. The van der Waals surface area contributed by atoms with Gasteiger partial charge in [-0.3, -0.25) is 9.78 Å². The fraction of sp³-hybridized carbons (Fsp3) is 0.500. The Morgan fingerprint density at radius 2 is 1.75 bits per heavy atom. The van der Waals surface area contributed by atoms with Crippen LogP contribution in [-0.4, -0.2) is 40.1 Å². The van der Waals surface area contributed by atoms with Crippen LogP contribution in [0.3, 0.4) is 0 Å². The molecule has 6 nitrogen and oxygen atoms in total. The lowest BCUT2D eigenvalue weighted by molar-refractivity contribution is -0.0126. The average Bonchev–Trinajstić information content (AvgIpc) is 2.60. The van der Waals surface area contributed by atoms with Crippen molar-refractivity contribution in [2.45, 2.75) is 43.8 Å². The van der Waals surface area contributed by atoms with E-state index in [0.717, 1.165) is 50.2 Å². The molecule has 1 N–H and O–H groups in total. The fourth-order valence-corrected chi connectivity index (χ4v) is 3.52. The maximum atomic E-state index is 12.3. The molecule has 1 aliphatic carbocycles. The maximum Gasteiger partial charge on any atom is 0.267 e. The fourth-order valence-electron chi connectivity index (χ4n) is 3.52. The van der Waals surface area contributed by atoms with Crippen molar-refractivity contribution in [1.29, 1.82) is 0 Å². The molecule has 0 aromatic carbocycles. The number of ether oxygens (including phenoxy) is 1. The van der Waals surface area contributed by atoms with E-state index < -0.39 is 0 Å². The van der Waals surface area contributed by atoms with E-state index in [1.165, 1.54) is 0 Å². The smallest absolute Gasteiger partial charge is 0.267 e. The van der Waals surface area contributed by atoms with Gasteiger partial charge in [-0.05, 0) is 43.9 Å². The van der Waals surface area contributed by atoms with Crippen LogP contribution in [0, 0.1) is 0 Å². The molecule has 24 heavy (non-hydrogen) atoms. The lowest BCUT2D eigenvalue weighted by Crippen LogP contribution is -2.51. The summed E-state index contributed by atoms with van der Waals surface area (Å²) in [6.07, 6.45) is 7.61. The van der Waals surface area contributed by atoms with Crippen molar-refractivity contribution >= 4 is 0 Å². The largest absolute Gasteiger partial charge is 0.378 e. The van der Waals surface area contributed by atoms with Crippen LogP contribution >= 0.6 is 0 Å². The van der Waals surface area contributed by atoms with Gasteiger partial charge in [0, 0.05) is 30.1 Å². The molecule has 0 spiro atoms. The average molecular weight is 326 g/mol. The number of rotatable bonds is 4. The summed E-state index contributed by atoms with van der Waals surface area (Å²) in [6, 6.07) is 8.49. The first-order chi connectivity index (χ1) is 11.8. The second-order valence-corrected chi connectivity index (χ2v) is 6.64. The van der Waals surface area contributed by atoms with Gasteiger partial charge in [0.05, 0.1) is 31.0 Å². The van der Waals surface area contributed by atoms with Crippen molar-refractivity contribution in [2.75, 3.05) is 13.2 Å². The second kappa shape index (κ2) is 6.83. The van der Waals surface area contributed by atoms with Crippen molar-refractivity contribution in [3.05, 3.63) is 47.0 Å². The van der Waals surface area contributed by atoms with Crippen LogP contribution in [0.2, 0.25) is 0 Å². The van der Waals surface area contributed by atoms with E-state index in [0.29, 0.717) is 12.1 Å². The summed E-state index contributed by atoms with van der Waals surface area (Å²) >= 11 is 0. The van der Waals surface area contributed by atoms with Crippen molar-refractivity contribution in [1.82, 2.24) is 20.1 Å². The molecular weight excluding hydrogens is 304 g/mol. The third-order valence-corrected chi connectivity index (χ3v) is 4.95. The molecule has 2 aromatic rings. The molecule has 3 heterocycles. The third kappa shape index (κ3) is 3.25. The number of pyridine rings is 1. The van der Waals surface area contributed by atoms with Crippen molar-refractivity contribution in [3.8, 4) is 11.3 Å². The molecule has 1 saturated carbocycles. The van der Waals surface area contributed by atoms with E-state index in [9.17, 15) is 4.79 Å². The Balaban J connectivity index is 1.47. The molecule has 1 aliphatic heterocycles. The monoisotopic (exact) mass is 326 g/mol. The molecule has 0 amide bonds. The van der Waals surface area contributed by atoms with Gasteiger partial charge in [0.15, 0.2) is 0 Å². The Morgan fingerprint density at radius 1 is 1.00 bits per heavy atom. The highest BCUT2D eigenvalue weighted by Gasteiger charge is 2.27. The first-order valence-electron chi connectivity index (χ1n) is 8.63. The van der Waals surface area contributed by atoms with Gasteiger partial charge in [-0.25, -0.2) is 4.68 Å². The van der Waals surface area contributed by atoms with Crippen LogP contribution in [0.5, 0.6) is 0 Å². The van der Waals surface area contributed by atoms with Gasteiger partial charge >= 0.3 is 0 Å². The predicted octanol–water partition coefficient (Wildman–Crippen LogP) is 1.78. The predicted molar refractivity (Wildman–Crippen MR) is 90.8 cm³/mol. The van der Waals surface area contributed by atoms with Crippen LogP contribution in [0.25, 0.3) is 11.3 Å². The third-order valence-electron chi connectivity index (χ3n) is 4.95. The lowest BCUT2D eigenvalue weighted by atomic mass is 9.90. The van der Waals surface area contributed by atoms with Crippen LogP contribution in [0.15, 0.2) is 41.5 Å². The number of aromatic nitrogens is 3. The molecule has 2 fully saturated rings. The van der Waals surface area contributed by atoms with Crippen molar-refractivity contribution in [2.24, 2.45) is 0 Å². The molecule has 126 valence electrons. The van der Waals surface area contributed by atoms with E-state index in [4.69, 9.17) is 4.74 Å². The molecule has 1 saturated heterocycles. The van der Waals surface area contributed by atoms with Crippen molar-refractivity contribution in [3.63, 3.8) is 0 Å². The van der Waals surface area contributed by atoms with E-state index in [1.807, 2.05) is 12.1 Å². The highest BCUT2D eigenvalue weighted by Crippen LogP contribution is 2.28. The Labute approximate surface area is 140 Å². The summed E-state index contributed by atoms with van der Waals surface area (Å²) in [4.78, 5) is 16.3. The van der Waals surface area contributed by atoms with Crippen molar-refractivity contribution < 1.29 is 4.74 Å². The molecule has 0 atom stereocenters. The van der Waals surface area contributed by atoms with Gasteiger partial charge in [0.2, 0.25) is 0 Å². The molecular formula is C18H22N4O2. The Morgan fingerprint density at radius 3 is 2.42 bits per heavy atom. The zero-order valence-electron chi connectivity index (χ0n) is 13.6. The van der Waals surface area contributed by atoms with E-state index in [1.54, 1.807) is 29.2 Å². The number of hydrogen-bond acceptors (Lipinski definition) is 5. The Hall–Kier alpha value is -2.05. The van der Waals surface area contributed by atoms with Gasteiger partial charge in [-0.2, -0.15) is 5.10 Å². The lowest BCUT2D eigenvalue weighted by Gasteiger charge is -2.35. The van der Waals surface area contributed by atoms with E-state index in [-0.39, 0.29) is 11.6 Å². The molecule has 2 aliphatic rings. The van der Waals surface area contributed by atoms with Crippen LogP contribution in [0.1, 0.15) is 31.7 Å². The maximum absolute atomic E-state index is 12.3. The molecule has 0 bridgehead atoms. The van der Waals surface area contributed by atoms with Crippen LogP contribution in [-0.2, 0) is 4.74 Å². The van der Waals surface area contributed by atoms with Gasteiger partial charge in [-0.15, -0.1) is 0 Å². The molecule has 4 rings (SSSR count). The standard InChI is InChI=1S/C18H22N4O2/c23-18-6-5-17(13-7-9-19-10-8-13)21-22(18)16-3-1-14(2-4-16)20-15-11-24-12-15/h5-10,14-16,20H,1-4,11-12H2. The Kier molecular flexibility index (Phi) is 4.40. The summed E-state index contributed by atoms with van der Waals surface area (Å²) in [6.45, 7) is 1.66. The molecule has 6 heteroatoms. The van der Waals surface area contributed by atoms with Crippen LogP contribution in [0.4, 0.5) is 0 Å². The number of nitrogens with one attached hydrogen (secondary N) is 1. The summed E-state index contributed by atoms with van der Waals surface area (Å²) in [7, 11) is 0. The highest BCUT2D eigenvalue weighted by atomic mass is 16.5. The number of hydrogen-bond donors (Lipinski definition) is 1. The van der Waals surface area contributed by atoms with Gasteiger partial charge in [0.25, 0.3) is 5.56 Å². The minimum absolute atomic E-state index is 0.0170. The highest BCUT2D eigenvalue weighted by molar-refractivity contribution is 5.57. The molecule has 2 aromatic heterocycles. The quantitative estimate of drug-likeness (QED) is 0.927. The summed E-state index contributed by atoms with van der Waals surface area (Å²) < 4.78 is 6.89. The van der Waals surface area contributed by atoms with Gasteiger partial charge in [-0.1, -0.05) is 0 Å². The minimum Gasteiger partial charge on any atom is -0.378 e. The van der Waals surface area contributed by atoms with Gasteiger partial charge < -0.3 is 10.1 Å². The van der Waals surface area contributed by atoms with Crippen LogP contribution < -0.4 is 10.9 Å². The first kappa shape index (κ1) is 15.5. The Bertz CT molecular complexity index is 734. The van der Waals surface area contributed by atoms with E-state index >= 15 is 0 Å². The molecule has 0 unspecified atom stereocenters. The topological polar surface area (TPSA) is 69.0 Å². The summed E-state index contributed by atoms with van der Waals surface area (Å²) in [5, 5.41) is 8.25. The normalized spacial score (nSPS) is 24.5. The SMILES string of the molecule is O=c1ccc(-c2ccncc2)nn1C1CCC(NC2COC2)CC1. The summed E-state index contributed by atoms with van der Waals surface area (Å²) in [5.41, 5.74) is 1.79. The van der Waals surface area contributed by atoms with E-state index in [2.05, 4.69) is 15.4 Å². The second-order valence-electron chi connectivity index (χ2n) is 6.64. The first-order valence-corrected chi connectivity index (χ1v) is 8.63. The zero-order valence-corrected chi connectivity index (χ0v) is 13.6.